The van der Waals surface area contributed by atoms with Gasteiger partial charge in [0.05, 0.1) is 21.3 Å². The van der Waals surface area contributed by atoms with E-state index < -0.39 is 5.97 Å². The van der Waals surface area contributed by atoms with E-state index in [0.29, 0.717) is 12.8 Å². The molecule has 1 N–H and O–H groups in total. The van der Waals surface area contributed by atoms with Crippen LogP contribution in [0.1, 0.15) is 36.0 Å². The van der Waals surface area contributed by atoms with Gasteiger partial charge in [-0.1, -0.05) is 36.4 Å². The van der Waals surface area contributed by atoms with Gasteiger partial charge in [0.1, 0.15) is 17.2 Å². The molecule has 0 unspecified atom stereocenters. The van der Waals surface area contributed by atoms with Gasteiger partial charge in [-0.05, 0) is 77.1 Å². The van der Waals surface area contributed by atoms with Gasteiger partial charge in [-0.3, -0.25) is 4.79 Å². The van der Waals surface area contributed by atoms with E-state index in [1.165, 1.54) is 0 Å². The summed E-state index contributed by atoms with van der Waals surface area (Å²) in [6, 6.07) is 23.7. The molecule has 0 bridgehead atoms. The van der Waals surface area contributed by atoms with E-state index in [2.05, 4.69) is 0 Å². The minimum absolute atomic E-state index is 0.109. The molecule has 5 heteroatoms. The Hall–Kier alpha value is -3.73. The normalized spacial score (nSPS) is 10.3. The second-order valence-corrected chi connectivity index (χ2v) is 7.29. The Bertz CT molecular complexity index is 999. The van der Waals surface area contributed by atoms with E-state index >= 15 is 0 Å². The van der Waals surface area contributed by atoms with Gasteiger partial charge in [0.15, 0.2) is 0 Å². The van der Waals surface area contributed by atoms with Crippen molar-refractivity contribution in [3.63, 3.8) is 0 Å². The molecule has 0 aliphatic rings. The highest BCUT2D eigenvalue weighted by Crippen LogP contribution is 2.37. The van der Waals surface area contributed by atoms with Crippen molar-refractivity contribution in [1.29, 1.82) is 0 Å². The Balaban J connectivity index is 2.20. The molecule has 0 saturated heterocycles. The summed E-state index contributed by atoms with van der Waals surface area (Å²) in [5.74, 6) is 1.53. The topological polar surface area (TPSA) is 65.0 Å². The number of carbonyl (C=O) groups is 1. The summed E-state index contributed by atoms with van der Waals surface area (Å²) in [5.41, 5.74) is 5.20. The molecule has 0 fully saturated rings. The minimum atomic E-state index is -0.797. The summed E-state index contributed by atoms with van der Waals surface area (Å²) in [6.07, 6.45) is 1.26. The Morgan fingerprint density at radius 2 is 1.00 bits per heavy atom. The number of hydrogen-bond acceptors (Lipinski definition) is 4. The minimum Gasteiger partial charge on any atom is -0.497 e. The van der Waals surface area contributed by atoms with Gasteiger partial charge in [-0.25, -0.2) is 0 Å². The molecule has 0 aromatic heterocycles. The highest BCUT2D eigenvalue weighted by molar-refractivity contribution is 5.98. The molecule has 0 aliphatic heterocycles. The molecule has 5 nitrogen and oxygen atoms in total. The van der Waals surface area contributed by atoms with Gasteiger partial charge >= 0.3 is 5.97 Å². The molecular weight excluding hydrogens is 404 g/mol. The van der Waals surface area contributed by atoms with Gasteiger partial charge in [0.2, 0.25) is 0 Å². The lowest BCUT2D eigenvalue weighted by molar-refractivity contribution is -0.137. The first-order valence-electron chi connectivity index (χ1n) is 10.4. The summed E-state index contributed by atoms with van der Waals surface area (Å²) in [7, 11) is 4.92. The van der Waals surface area contributed by atoms with Crippen molar-refractivity contribution in [2.24, 2.45) is 0 Å². The van der Waals surface area contributed by atoms with Crippen LogP contribution in [-0.2, 0) is 4.79 Å². The lowest BCUT2D eigenvalue weighted by Crippen LogP contribution is -1.99. The number of methoxy groups -OCH3 is 3. The van der Waals surface area contributed by atoms with Gasteiger partial charge in [0, 0.05) is 6.42 Å². The fourth-order valence-electron chi connectivity index (χ4n) is 3.65. The molecule has 0 aliphatic carbocycles. The fourth-order valence-corrected chi connectivity index (χ4v) is 3.65. The van der Waals surface area contributed by atoms with E-state index in [1.807, 2.05) is 72.8 Å². The van der Waals surface area contributed by atoms with Crippen LogP contribution in [0, 0.1) is 0 Å². The van der Waals surface area contributed by atoms with Crippen molar-refractivity contribution in [2.45, 2.75) is 19.3 Å². The summed E-state index contributed by atoms with van der Waals surface area (Å²) >= 11 is 0. The van der Waals surface area contributed by atoms with Gasteiger partial charge in [0.25, 0.3) is 0 Å². The third-order valence-electron chi connectivity index (χ3n) is 5.32. The third kappa shape index (κ3) is 5.70. The van der Waals surface area contributed by atoms with Crippen LogP contribution in [0.5, 0.6) is 17.2 Å². The lowest BCUT2D eigenvalue weighted by atomic mass is 9.87. The maximum atomic E-state index is 11.2. The van der Waals surface area contributed by atoms with E-state index in [4.69, 9.17) is 14.2 Å². The van der Waals surface area contributed by atoms with Crippen LogP contribution in [0.4, 0.5) is 0 Å². The van der Waals surface area contributed by atoms with Crippen LogP contribution < -0.4 is 14.2 Å². The van der Waals surface area contributed by atoms with Crippen molar-refractivity contribution in [2.75, 3.05) is 21.3 Å². The van der Waals surface area contributed by atoms with Crippen molar-refractivity contribution in [1.82, 2.24) is 0 Å². The van der Waals surface area contributed by atoms with Crippen LogP contribution in [0.3, 0.4) is 0 Å². The zero-order chi connectivity index (χ0) is 22.9. The number of hydrogen-bond donors (Lipinski definition) is 1. The molecule has 0 amide bonds. The number of ether oxygens (including phenoxy) is 3. The molecule has 3 aromatic rings. The molecule has 32 heavy (non-hydrogen) atoms. The molecule has 0 radical (unpaired) electrons. The average Bonchev–Trinajstić information content (AvgIpc) is 2.84. The van der Waals surface area contributed by atoms with Crippen LogP contribution in [-0.4, -0.2) is 32.4 Å². The van der Waals surface area contributed by atoms with Crippen LogP contribution >= 0.6 is 0 Å². The molecule has 0 spiro atoms. The zero-order valence-corrected chi connectivity index (χ0v) is 18.6. The Morgan fingerprint density at radius 1 is 0.625 bits per heavy atom. The van der Waals surface area contributed by atoms with Gasteiger partial charge < -0.3 is 19.3 Å². The van der Waals surface area contributed by atoms with Crippen molar-refractivity contribution >= 4 is 17.1 Å². The lowest BCUT2D eigenvalue weighted by Gasteiger charge is -2.18. The zero-order valence-electron chi connectivity index (χ0n) is 18.6. The second kappa shape index (κ2) is 11.0. The number of rotatable bonds is 10. The first-order chi connectivity index (χ1) is 15.5. The fraction of sp³-hybridized carbons (Fsp3) is 0.222. The van der Waals surface area contributed by atoms with Crippen LogP contribution in [0.25, 0.3) is 11.1 Å². The highest BCUT2D eigenvalue weighted by atomic mass is 16.5. The van der Waals surface area contributed by atoms with Gasteiger partial charge in [-0.2, -0.15) is 0 Å². The van der Waals surface area contributed by atoms with Gasteiger partial charge in [-0.15, -0.1) is 0 Å². The monoisotopic (exact) mass is 432 g/mol. The van der Waals surface area contributed by atoms with Crippen molar-refractivity contribution in [3.05, 3.63) is 89.5 Å². The highest BCUT2D eigenvalue weighted by Gasteiger charge is 2.15. The standard InChI is InChI=1S/C27H28O5/c1-30-22-13-7-19(8-14-22)25(5-4-6-26(28)29)27(20-9-15-23(31-2)16-10-20)21-11-17-24(32-3)18-12-21/h7-18H,4-6H2,1-3H3,(H,28,29). The molecule has 3 aromatic carbocycles. The average molecular weight is 433 g/mol. The smallest absolute Gasteiger partial charge is 0.303 e. The number of carboxylic acids is 1. The number of carboxylic acid groups (broad SMARTS) is 1. The summed E-state index contributed by atoms with van der Waals surface area (Å²) in [4.78, 5) is 11.2. The first-order valence-corrected chi connectivity index (χ1v) is 10.4. The molecule has 166 valence electrons. The van der Waals surface area contributed by atoms with Crippen molar-refractivity contribution < 1.29 is 24.1 Å². The maximum absolute atomic E-state index is 11.2. The van der Waals surface area contributed by atoms with E-state index in [0.717, 1.165) is 45.1 Å². The van der Waals surface area contributed by atoms with Crippen molar-refractivity contribution in [3.8, 4) is 17.2 Å². The second-order valence-electron chi connectivity index (χ2n) is 7.29. The van der Waals surface area contributed by atoms with E-state index in [9.17, 15) is 9.90 Å². The summed E-state index contributed by atoms with van der Waals surface area (Å²) < 4.78 is 16.0. The van der Waals surface area contributed by atoms with E-state index in [-0.39, 0.29) is 6.42 Å². The molecular formula is C27H28O5. The number of benzene rings is 3. The quantitative estimate of drug-likeness (QED) is 0.403. The molecule has 0 heterocycles. The molecule has 0 saturated carbocycles. The summed E-state index contributed by atoms with van der Waals surface area (Å²) in [5, 5.41) is 9.19. The maximum Gasteiger partial charge on any atom is 0.303 e. The van der Waals surface area contributed by atoms with E-state index in [1.54, 1.807) is 21.3 Å². The first kappa shape index (κ1) is 22.9. The number of aliphatic carboxylic acids is 1. The predicted molar refractivity (Wildman–Crippen MR) is 126 cm³/mol. The number of allylic oxidation sites excluding steroid dienone is 1. The summed E-state index contributed by atoms with van der Waals surface area (Å²) in [6.45, 7) is 0. The van der Waals surface area contributed by atoms with Crippen LogP contribution in [0.15, 0.2) is 72.8 Å². The Labute approximate surface area is 188 Å². The predicted octanol–water partition coefficient (Wildman–Crippen LogP) is 5.93. The van der Waals surface area contributed by atoms with Crippen LogP contribution in [0.2, 0.25) is 0 Å². The Morgan fingerprint density at radius 3 is 1.34 bits per heavy atom. The third-order valence-corrected chi connectivity index (χ3v) is 5.32. The molecule has 3 rings (SSSR count). The largest absolute Gasteiger partial charge is 0.497 e. The molecule has 0 atom stereocenters. The Kier molecular flexibility index (Phi) is 7.92. The SMILES string of the molecule is COc1ccc(C(CCCC(=O)O)=C(c2ccc(OC)cc2)c2ccc(OC)cc2)cc1.